The molecule has 0 bridgehead atoms. The molecule has 0 spiro atoms. The van der Waals surface area contributed by atoms with Crippen molar-refractivity contribution in [3.63, 3.8) is 0 Å². The number of nitrogens with one attached hydrogen (secondary N) is 1. The third-order valence-electron chi connectivity index (χ3n) is 7.05. The first-order valence-corrected chi connectivity index (χ1v) is 13.0. The molecule has 0 saturated carbocycles. The van der Waals surface area contributed by atoms with Crippen molar-refractivity contribution in [2.75, 3.05) is 63.6 Å². The van der Waals surface area contributed by atoms with E-state index in [0.29, 0.717) is 19.1 Å². The minimum absolute atomic E-state index is 0.0585. The predicted octanol–water partition coefficient (Wildman–Crippen LogP) is 1.28. The SMILES string of the molecule is CNC(=O)C(C)(C)N1CCN(Cc2cc3nc(N4CCOC(c5cnc(N)nc5)C4)ncc3s2)CC1. The summed E-state index contributed by atoms with van der Waals surface area (Å²) in [6, 6.07) is 2.18. The minimum Gasteiger partial charge on any atom is -0.370 e. The molecule has 0 aliphatic carbocycles. The van der Waals surface area contributed by atoms with Crippen molar-refractivity contribution in [1.82, 2.24) is 35.1 Å². The van der Waals surface area contributed by atoms with Gasteiger partial charge in [-0.15, -0.1) is 11.3 Å². The van der Waals surface area contributed by atoms with Gasteiger partial charge in [0.25, 0.3) is 0 Å². The second kappa shape index (κ2) is 10.2. The number of hydrogen-bond acceptors (Lipinski definition) is 11. The van der Waals surface area contributed by atoms with Crippen molar-refractivity contribution in [2.45, 2.75) is 32.0 Å². The summed E-state index contributed by atoms with van der Waals surface area (Å²) >= 11 is 1.74. The number of anilines is 2. The van der Waals surface area contributed by atoms with Crippen LogP contribution in [-0.2, 0) is 16.1 Å². The van der Waals surface area contributed by atoms with Crippen LogP contribution in [0.2, 0.25) is 0 Å². The predicted molar refractivity (Wildman–Crippen MR) is 140 cm³/mol. The Labute approximate surface area is 214 Å². The van der Waals surface area contributed by atoms with Crippen LogP contribution in [0.25, 0.3) is 10.2 Å². The molecule has 36 heavy (non-hydrogen) atoms. The van der Waals surface area contributed by atoms with E-state index in [9.17, 15) is 4.79 Å². The molecule has 3 N–H and O–H groups in total. The van der Waals surface area contributed by atoms with E-state index >= 15 is 0 Å². The quantitative estimate of drug-likeness (QED) is 0.500. The molecule has 1 amide bonds. The molecule has 1 unspecified atom stereocenters. The number of hydrogen-bond donors (Lipinski definition) is 2. The zero-order valence-corrected chi connectivity index (χ0v) is 21.8. The first-order valence-electron chi connectivity index (χ1n) is 12.2. The number of nitrogens with zero attached hydrogens (tertiary/aromatic N) is 7. The standard InChI is InChI=1S/C24H33N9O2S/c1-24(2,21(34)26-3)33-6-4-31(5-7-33)14-17-10-18-20(36-17)13-29-23(30-18)32-8-9-35-19(15-32)16-11-27-22(25)28-12-16/h10-13,19H,4-9,14-15H2,1-3H3,(H,26,34)(H2,25,27,28). The lowest BCUT2D eigenvalue weighted by Gasteiger charge is -2.42. The van der Waals surface area contributed by atoms with E-state index in [1.807, 2.05) is 20.0 Å². The van der Waals surface area contributed by atoms with Gasteiger partial charge >= 0.3 is 0 Å². The van der Waals surface area contributed by atoms with Gasteiger partial charge in [0, 0.05) is 69.2 Å². The van der Waals surface area contributed by atoms with Gasteiger partial charge in [-0.25, -0.2) is 19.9 Å². The van der Waals surface area contributed by atoms with E-state index in [1.165, 1.54) is 4.88 Å². The fourth-order valence-electron chi connectivity index (χ4n) is 4.79. The maximum absolute atomic E-state index is 12.3. The van der Waals surface area contributed by atoms with Crippen molar-refractivity contribution >= 4 is 39.4 Å². The van der Waals surface area contributed by atoms with Crippen LogP contribution in [0.5, 0.6) is 0 Å². The van der Waals surface area contributed by atoms with Crippen molar-refractivity contribution in [2.24, 2.45) is 0 Å². The smallest absolute Gasteiger partial charge is 0.239 e. The second-order valence-electron chi connectivity index (χ2n) is 9.71. The largest absolute Gasteiger partial charge is 0.370 e. The van der Waals surface area contributed by atoms with Crippen LogP contribution in [0, 0.1) is 0 Å². The van der Waals surface area contributed by atoms with E-state index in [4.69, 9.17) is 15.5 Å². The van der Waals surface area contributed by atoms with Gasteiger partial charge in [-0.1, -0.05) is 0 Å². The van der Waals surface area contributed by atoms with Gasteiger partial charge in [-0.05, 0) is 19.9 Å². The number of amides is 1. The molecule has 1 atom stereocenters. The van der Waals surface area contributed by atoms with Crippen LogP contribution in [0.1, 0.15) is 30.4 Å². The molecular weight excluding hydrogens is 478 g/mol. The molecule has 0 radical (unpaired) electrons. The molecule has 2 fully saturated rings. The zero-order chi connectivity index (χ0) is 25.3. The summed E-state index contributed by atoms with van der Waals surface area (Å²) < 4.78 is 7.02. The maximum atomic E-state index is 12.3. The highest BCUT2D eigenvalue weighted by molar-refractivity contribution is 7.18. The third-order valence-corrected chi connectivity index (χ3v) is 8.09. The number of piperazine rings is 1. The number of aromatic nitrogens is 4. The molecule has 5 heterocycles. The Morgan fingerprint density at radius 2 is 1.92 bits per heavy atom. The zero-order valence-electron chi connectivity index (χ0n) is 21.0. The number of likely N-dealkylation sites (N-methyl/N-ethyl adjacent to an activating group) is 1. The number of carbonyl (C=O) groups is 1. The molecule has 0 aromatic carbocycles. The highest BCUT2D eigenvalue weighted by Crippen LogP contribution is 2.29. The lowest BCUT2D eigenvalue weighted by molar-refractivity contribution is -0.132. The molecule has 12 heteroatoms. The number of ether oxygens (including phenoxy) is 1. The van der Waals surface area contributed by atoms with Crippen molar-refractivity contribution in [1.29, 1.82) is 0 Å². The summed E-state index contributed by atoms with van der Waals surface area (Å²) in [5.41, 5.74) is 6.98. The van der Waals surface area contributed by atoms with Crippen molar-refractivity contribution in [3.05, 3.63) is 35.1 Å². The third kappa shape index (κ3) is 5.12. The molecular formula is C24H33N9O2S. The lowest BCUT2D eigenvalue weighted by Crippen LogP contribution is -2.59. The van der Waals surface area contributed by atoms with Crippen LogP contribution >= 0.6 is 11.3 Å². The van der Waals surface area contributed by atoms with Gasteiger partial charge in [0.2, 0.25) is 17.8 Å². The van der Waals surface area contributed by atoms with E-state index in [-0.39, 0.29) is 18.0 Å². The Balaban J connectivity index is 1.22. The first kappa shape index (κ1) is 24.8. The molecule has 2 aliphatic rings. The average molecular weight is 512 g/mol. The number of thiophene rings is 1. The Hall–Kier alpha value is -2.93. The van der Waals surface area contributed by atoms with Gasteiger partial charge in [0.05, 0.1) is 35.1 Å². The Morgan fingerprint density at radius 3 is 2.64 bits per heavy atom. The number of morpholine rings is 1. The minimum atomic E-state index is -0.496. The first-order chi connectivity index (χ1) is 17.3. The van der Waals surface area contributed by atoms with Crippen LogP contribution < -0.4 is 16.0 Å². The van der Waals surface area contributed by atoms with Crippen LogP contribution in [0.3, 0.4) is 0 Å². The number of carbonyl (C=O) groups excluding carboxylic acids is 1. The lowest BCUT2D eigenvalue weighted by atomic mass is 10.0. The van der Waals surface area contributed by atoms with Crippen molar-refractivity contribution < 1.29 is 9.53 Å². The van der Waals surface area contributed by atoms with E-state index in [2.05, 4.69) is 41.0 Å². The molecule has 11 nitrogen and oxygen atoms in total. The van der Waals surface area contributed by atoms with Crippen LogP contribution in [0.4, 0.5) is 11.9 Å². The number of rotatable bonds is 6. The molecule has 2 aliphatic heterocycles. The second-order valence-corrected chi connectivity index (χ2v) is 10.9. The molecule has 192 valence electrons. The van der Waals surface area contributed by atoms with E-state index < -0.39 is 5.54 Å². The van der Waals surface area contributed by atoms with Crippen LogP contribution in [-0.4, -0.2) is 94.1 Å². The summed E-state index contributed by atoms with van der Waals surface area (Å²) in [7, 11) is 1.70. The van der Waals surface area contributed by atoms with Gasteiger partial charge in [0.1, 0.15) is 6.10 Å². The van der Waals surface area contributed by atoms with Gasteiger partial charge in [-0.2, -0.15) is 0 Å². The summed E-state index contributed by atoms with van der Waals surface area (Å²) in [4.78, 5) is 38.1. The Morgan fingerprint density at radius 1 is 1.17 bits per heavy atom. The normalized spacial score (nSPS) is 20.1. The summed E-state index contributed by atoms with van der Waals surface area (Å²) in [5.74, 6) is 1.02. The van der Waals surface area contributed by atoms with Crippen LogP contribution in [0.15, 0.2) is 24.7 Å². The van der Waals surface area contributed by atoms with Crippen molar-refractivity contribution in [3.8, 4) is 0 Å². The maximum Gasteiger partial charge on any atom is 0.239 e. The number of nitrogens with two attached hydrogens (primary N) is 1. The Kier molecular flexibility index (Phi) is 7.02. The fourth-order valence-corrected chi connectivity index (χ4v) is 5.81. The monoisotopic (exact) mass is 511 g/mol. The Bertz CT molecular complexity index is 1210. The van der Waals surface area contributed by atoms with E-state index in [0.717, 1.165) is 55.0 Å². The summed E-state index contributed by atoms with van der Waals surface area (Å²) in [6.07, 6.45) is 5.20. The highest BCUT2D eigenvalue weighted by atomic mass is 32.1. The number of fused-ring (bicyclic) bond motifs is 1. The topological polar surface area (TPSA) is 126 Å². The fraction of sp³-hybridized carbons (Fsp3) is 0.542. The number of nitrogen functional groups attached to an aromatic ring is 1. The molecule has 5 rings (SSSR count). The molecule has 3 aromatic rings. The summed E-state index contributed by atoms with van der Waals surface area (Å²) in [6.45, 7) is 10.4. The summed E-state index contributed by atoms with van der Waals surface area (Å²) in [5, 5.41) is 2.78. The molecule has 3 aromatic heterocycles. The van der Waals surface area contributed by atoms with Gasteiger partial charge in [-0.3, -0.25) is 14.6 Å². The molecule has 2 saturated heterocycles. The average Bonchev–Trinajstić information content (AvgIpc) is 3.30. The van der Waals surface area contributed by atoms with Gasteiger partial charge < -0.3 is 20.7 Å². The van der Waals surface area contributed by atoms with E-state index in [1.54, 1.807) is 30.8 Å². The highest BCUT2D eigenvalue weighted by Gasteiger charge is 2.35. The van der Waals surface area contributed by atoms with Gasteiger partial charge in [0.15, 0.2) is 0 Å².